The maximum absolute atomic E-state index is 12.1. The summed E-state index contributed by atoms with van der Waals surface area (Å²) in [6.07, 6.45) is 1.39. The van der Waals surface area contributed by atoms with Crippen LogP contribution in [-0.4, -0.2) is 24.4 Å². The molecular weight excluding hydrogens is 374 g/mol. The number of carbonyl (C=O) groups is 3. The van der Waals surface area contributed by atoms with Crippen molar-refractivity contribution in [1.82, 2.24) is 0 Å². The van der Waals surface area contributed by atoms with Gasteiger partial charge in [-0.2, -0.15) is 5.26 Å². The monoisotopic (exact) mass is 389 g/mol. The summed E-state index contributed by atoms with van der Waals surface area (Å²) in [7, 11) is 0. The minimum Gasteiger partial charge on any atom is -0.459 e. The number of amides is 2. The number of hydrogen-bond acceptors (Lipinski definition) is 6. The Bertz CT molecular complexity index is 1070. The van der Waals surface area contributed by atoms with E-state index in [9.17, 15) is 14.4 Å². The second-order valence-corrected chi connectivity index (χ2v) is 5.79. The van der Waals surface area contributed by atoms with Gasteiger partial charge in [-0.25, -0.2) is 4.79 Å². The van der Waals surface area contributed by atoms with Gasteiger partial charge < -0.3 is 19.8 Å². The van der Waals surface area contributed by atoms with E-state index in [1.807, 2.05) is 6.07 Å². The number of nitrogens with one attached hydrogen (secondary N) is 2. The fraction of sp³-hybridized carbons (Fsp3) is 0.0476. The summed E-state index contributed by atoms with van der Waals surface area (Å²) in [5.41, 5.74) is 1.33. The van der Waals surface area contributed by atoms with Gasteiger partial charge in [-0.3, -0.25) is 9.59 Å². The highest BCUT2D eigenvalue weighted by Crippen LogP contribution is 2.14. The van der Waals surface area contributed by atoms with Crippen LogP contribution in [0.25, 0.3) is 0 Å². The second kappa shape index (κ2) is 9.01. The van der Waals surface area contributed by atoms with Crippen molar-refractivity contribution in [3.05, 3.63) is 83.8 Å². The van der Waals surface area contributed by atoms with Crippen molar-refractivity contribution < 1.29 is 23.5 Å². The third-order valence-corrected chi connectivity index (χ3v) is 3.78. The van der Waals surface area contributed by atoms with Gasteiger partial charge in [-0.1, -0.05) is 12.1 Å². The van der Waals surface area contributed by atoms with E-state index in [1.54, 1.807) is 30.3 Å². The van der Waals surface area contributed by atoms with Crippen LogP contribution in [0.15, 0.2) is 71.3 Å². The Kier molecular flexibility index (Phi) is 6.02. The number of anilines is 2. The van der Waals surface area contributed by atoms with Gasteiger partial charge in [0.25, 0.3) is 11.8 Å². The number of nitriles is 1. The molecule has 2 N–H and O–H groups in total. The highest BCUT2D eigenvalue weighted by molar-refractivity contribution is 6.02. The molecule has 0 bridgehead atoms. The second-order valence-electron chi connectivity index (χ2n) is 5.79. The van der Waals surface area contributed by atoms with E-state index in [-0.39, 0.29) is 11.3 Å². The molecule has 0 spiro atoms. The zero-order valence-electron chi connectivity index (χ0n) is 15.0. The number of nitrogens with zero attached hydrogens (tertiary/aromatic N) is 1. The largest absolute Gasteiger partial charge is 0.459 e. The zero-order chi connectivity index (χ0) is 20.6. The van der Waals surface area contributed by atoms with E-state index >= 15 is 0 Å². The minimum atomic E-state index is -0.697. The molecule has 0 atom stereocenters. The van der Waals surface area contributed by atoms with Crippen LogP contribution in [0.1, 0.15) is 26.5 Å². The third-order valence-electron chi connectivity index (χ3n) is 3.78. The predicted molar refractivity (Wildman–Crippen MR) is 103 cm³/mol. The van der Waals surface area contributed by atoms with Gasteiger partial charge >= 0.3 is 5.97 Å². The lowest BCUT2D eigenvalue weighted by atomic mass is 10.2. The van der Waals surface area contributed by atoms with Crippen LogP contribution in [0.2, 0.25) is 0 Å². The summed E-state index contributed by atoms with van der Waals surface area (Å²) in [6.45, 7) is -0.504. The van der Waals surface area contributed by atoms with Gasteiger partial charge in [-0.15, -0.1) is 0 Å². The Morgan fingerprint density at radius 1 is 0.966 bits per heavy atom. The number of esters is 1. The van der Waals surface area contributed by atoms with Gasteiger partial charge in [0.2, 0.25) is 0 Å². The maximum Gasteiger partial charge on any atom is 0.338 e. The number of rotatable bonds is 6. The van der Waals surface area contributed by atoms with Crippen LogP contribution < -0.4 is 10.6 Å². The minimum absolute atomic E-state index is 0.164. The lowest BCUT2D eigenvalue weighted by molar-refractivity contribution is -0.119. The highest BCUT2D eigenvalue weighted by atomic mass is 16.5. The molecule has 1 heterocycles. The Morgan fingerprint density at radius 3 is 2.41 bits per heavy atom. The molecule has 0 saturated carbocycles. The van der Waals surface area contributed by atoms with Gasteiger partial charge in [0.1, 0.15) is 6.07 Å². The van der Waals surface area contributed by atoms with E-state index in [4.69, 9.17) is 14.4 Å². The normalized spacial score (nSPS) is 9.90. The summed E-state index contributed by atoms with van der Waals surface area (Å²) >= 11 is 0. The van der Waals surface area contributed by atoms with E-state index in [0.717, 1.165) is 0 Å². The molecule has 0 saturated heterocycles. The molecule has 0 fully saturated rings. The first-order valence-corrected chi connectivity index (χ1v) is 8.48. The van der Waals surface area contributed by atoms with Crippen molar-refractivity contribution in [1.29, 1.82) is 5.26 Å². The van der Waals surface area contributed by atoms with E-state index in [1.165, 1.54) is 36.6 Å². The molecule has 29 heavy (non-hydrogen) atoms. The fourth-order valence-corrected chi connectivity index (χ4v) is 2.38. The summed E-state index contributed by atoms with van der Waals surface area (Å²) in [5.74, 6) is -1.52. The smallest absolute Gasteiger partial charge is 0.338 e. The molecular formula is C21H15N3O5. The zero-order valence-corrected chi connectivity index (χ0v) is 15.0. The van der Waals surface area contributed by atoms with Crippen LogP contribution in [0.5, 0.6) is 0 Å². The third kappa shape index (κ3) is 5.08. The number of furan rings is 1. The standard InChI is InChI=1S/C21H15N3O5/c22-12-15-4-1-2-5-17(15)24-19(25)13-29-21(27)14-7-9-16(10-8-14)23-20(26)18-6-3-11-28-18/h1-11H,13H2,(H,23,26)(H,24,25). The van der Waals surface area contributed by atoms with E-state index < -0.39 is 24.4 Å². The Balaban J connectivity index is 1.52. The number of ether oxygens (including phenoxy) is 1. The predicted octanol–water partition coefficient (Wildman–Crippen LogP) is 3.20. The van der Waals surface area contributed by atoms with Crippen molar-refractivity contribution >= 4 is 29.2 Å². The molecule has 3 rings (SSSR count). The molecule has 8 nitrogen and oxygen atoms in total. The van der Waals surface area contributed by atoms with Gasteiger partial charge in [0, 0.05) is 5.69 Å². The van der Waals surface area contributed by atoms with Crippen LogP contribution in [0.4, 0.5) is 11.4 Å². The van der Waals surface area contributed by atoms with Crippen LogP contribution in [-0.2, 0) is 9.53 Å². The average Bonchev–Trinajstić information content (AvgIpc) is 3.28. The molecule has 0 unspecified atom stereocenters. The fourth-order valence-electron chi connectivity index (χ4n) is 2.38. The molecule has 2 amide bonds. The van der Waals surface area contributed by atoms with Gasteiger partial charge in [-0.05, 0) is 48.5 Å². The van der Waals surface area contributed by atoms with Crippen molar-refractivity contribution in [2.24, 2.45) is 0 Å². The number of hydrogen-bond donors (Lipinski definition) is 2. The Hall–Kier alpha value is -4.38. The molecule has 1 aromatic heterocycles. The summed E-state index contributed by atoms with van der Waals surface area (Å²) in [4.78, 5) is 35.9. The first-order chi connectivity index (χ1) is 14.1. The summed E-state index contributed by atoms with van der Waals surface area (Å²) in [6, 6.07) is 17.6. The van der Waals surface area contributed by atoms with E-state index in [0.29, 0.717) is 16.9 Å². The lowest BCUT2D eigenvalue weighted by Crippen LogP contribution is -2.21. The van der Waals surface area contributed by atoms with Crippen molar-refractivity contribution in [2.45, 2.75) is 0 Å². The average molecular weight is 389 g/mol. The molecule has 144 valence electrons. The first kappa shape index (κ1) is 19.4. The van der Waals surface area contributed by atoms with Crippen LogP contribution >= 0.6 is 0 Å². The molecule has 8 heteroatoms. The SMILES string of the molecule is N#Cc1ccccc1NC(=O)COC(=O)c1ccc(NC(=O)c2ccco2)cc1. The molecule has 2 aromatic carbocycles. The highest BCUT2D eigenvalue weighted by Gasteiger charge is 2.13. The van der Waals surface area contributed by atoms with Crippen molar-refractivity contribution in [2.75, 3.05) is 17.2 Å². The lowest BCUT2D eigenvalue weighted by Gasteiger charge is -2.08. The number of carbonyl (C=O) groups excluding carboxylic acids is 3. The summed E-state index contributed by atoms with van der Waals surface area (Å²) < 4.78 is 9.98. The van der Waals surface area contributed by atoms with Gasteiger partial charge in [0.05, 0.1) is 23.1 Å². The quantitative estimate of drug-likeness (QED) is 0.625. The molecule has 0 aliphatic heterocycles. The topological polar surface area (TPSA) is 121 Å². The van der Waals surface area contributed by atoms with Crippen molar-refractivity contribution in [3.8, 4) is 6.07 Å². The van der Waals surface area contributed by atoms with Gasteiger partial charge in [0.15, 0.2) is 12.4 Å². The molecule has 0 radical (unpaired) electrons. The molecule has 3 aromatic rings. The molecule has 0 aliphatic carbocycles. The number of para-hydroxylation sites is 1. The molecule has 0 aliphatic rings. The Labute approximate surface area is 165 Å². The first-order valence-electron chi connectivity index (χ1n) is 8.48. The Morgan fingerprint density at radius 2 is 1.72 bits per heavy atom. The maximum atomic E-state index is 12.1. The summed E-state index contributed by atoms with van der Waals surface area (Å²) in [5, 5.41) is 14.2. The number of benzene rings is 2. The van der Waals surface area contributed by atoms with Crippen LogP contribution in [0, 0.1) is 11.3 Å². The van der Waals surface area contributed by atoms with Crippen molar-refractivity contribution in [3.63, 3.8) is 0 Å². The van der Waals surface area contributed by atoms with E-state index in [2.05, 4.69) is 10.6 Å². The van der Waals surface area contributed by atoms with Crippen LogP contribution in [0.3, 0.4) is 0 Å².